The molecule has 0 spiro atoms. The predicted molar refractivity (Wildman–Crippen MR) is 72.9 cm³/mol. The van der Waals surface area contributed by atoms with Gasteiger partial charge in [0.25, 0.3) is 0 Å². The van der Waals surface area contributed by atoms with E-state index in [1.165, 1.54) is 0 Å². The summed E-state index contributed by atoms with van der Waals surface area (Å²) in [4.78, 5) is 1.44. The molecule has 1 N–H and O–H groups in total. The Morgan fingerprint density at radius 3 is 2.28 bits per heavy atom. The normalized spacial score (nSPS) is 14.2. The molecule has 18 heavy (non-hydrogen) atoms. The number of benzene rings is 2. The van der Waals surface area contributed by atoms with Gasteiger partial charge < -0.3 is 5.11 Å². The lowest BCUT2D eigenvalue weighted by molar-refractivity contribution is 0.196. The number of aryl methyl sites for hydroxylation is 1. The maximum atomic E-state index is 12.5. The summed E-state index contributed by atoms with van der Waals surface area (Å²) < 4.78 is 12.5. The van der Waals surface area contributed by atoms with Crippen LogP contribution in [0.3, 0.4) is 0 Å². The fourth-order valence-electron chi connectivity index (χ4n) is 1.78. The second kappa shape index (κ2) is 5.46. The van der Waals surface area contributed by atoms with Gasteiger partial charge in [-0.2, -0.15) is 0 Å². The predicted octanol–water partition coefficient (Wildman–Crippen LogP) is 3.22. The van der Waals surface area contributed by atoms with E-state index in [9.17, 15) is 9.32 Å². The minimum atomic E-state index is -1.25. The van der Waals surface area contributed by atoms with Gasteiger partial charge in [-0.1, -0.05) is 35.9 Å². The Hall–Kier alpha value is -1.45. The molecule has 3 heteroatoms. The zero-order valence-corrected chi connectivity index (χ0v) is 11.3. The lowest BCUT2D eigenvalue weighted by Crippen LogP contribution is -2.01. The van der Waals surface area contributed by atoms with Crippen molar-refractivity contribution in [1.82, 2.24) is 0 Å². The number of aliphatic hydroxyl groups excluding tert-OH is 1. The molecule has 0 radical (unpaired) electrons. The first-order valence-corrected chi connectivity index (χ1v) is 7.00. The molecule has 2 aromatic carbocycles. The van der Waals surface area contributed by atoms with Crippen molar-refractivity contribution in [1.29, 1.82) is 0 Å². The van der Waals surface area contributed by atoms with Gasteiger partial charge in [0.2, 0.25) is 0 Å². The first kappa shape index (κ1) is 13.0. The van der Waals surface area contributed by atoms with Crippen molar-refractivity contribution in [2.24, 2.45) is 0 Å². The zero-order valence-electron chi connectivity index (χ0n) is 10.5. The van der Waals surface area contributed by atoms with Crippen LogP contribution in [0.2, 0.25) is 0 Å². The zero-order chi connectivity index (χ0) is 13.1. The van der Waals surface area contributed by atoms with Gasteiger partial charge in [0, 0.05) is 9.79 Å². The number of hydrogen-bond acceptors (Lipinski definition) is 2. The van der Waals surface area contributed by atoms with Gasteiger partial charge in [-0.25, -0.2) is 4.21 Å². The molecule has 2 nitrogen and oxygen atoms in total. The highest BCUT2D eigenvalue weighted by Crippen LogP contribution is 2.24. The molecule has 2 rings (SSSR count). The maximum Gasteiger partial charge on any atom is 0.0853 e. The third-order valence-corrected chi connectivity index (χ3v) is 4.28. The van der Waals surface area contributed by atoms with Crippen LogP contribution in [0.25, 0.3) is 0 Å². The largest absolute Gasteiger partial charge is 0.389 e. The Morgan fingerprint density at radius 1 is 1.06 bits per heavy atom. The Labute approximate surface area is 110 Å². The lowest BCUT2D eigenvalue weighted by atomic mass is 10.1. The van der Waals surface area contributed by atoms with E-state index < -0.39 is 16.9 Å². The molecule has 0 aliphatic carbocycles. The first-order chi connectivity index (χ1) is 8.59. The average Bonchev–Trinajstić information content (AvgIpc) is 2.39. The molecule has 0 fully saturated rings. The average molecular weight is 260 g/mol. The van der Waals surface area contributed by atoms with Crippen LogP contribution in [-0.2, 0) is 10.8 Å². The van der Waals surface area contributed by atoms with E-state index >= 15 is 0 Å². The first-order valence-electron chi connectivity index (χ1n) is 5.85. The second-order valence-corrected chi connectivity index (χ2v) is 5.74. The highest BCUT2D eigenvalue weighted by molar-refractivity contribution is 7.85. The topological polar surface area (TPSA) is 37.3 Å². The highest BCUT2D eigenvalue weighted by Gasteiger charge is 2.14. The summed E-state index contributed by atoms with van der Waals surface area (Å²) in [7, 11) is -1.25. The fraction of sp³-hybridized carbons (Fsp3) is 0.200. The summed E-state index contributed by atoms with van der Waals surface area (Å²) in [6.07, 6.45) is -0.615. The van der Waals surface area contributed by atoms with Crippen LogP contribution in [0.1, 0.15) is 24.2 Å². The minimum absolute atomic E-state index is 0.615. The molecular weight excluding hydrogens is 244 g/mol. The van der Waals surface area contributed by atoms with Crippen molar-refractivity contribution < 1.29 is 9.32 Å². The van der Waals surface area contributed by atoms with Gasteiger partial charge in [-0.3, -0.25) is 0 Å². The Balaban J connectivity index is 2.43. The molecule has 94 valence electrons. The molecule has 2 atom stereocenters. The molecule has 0 aromatic heterocycles. The molecule has 0 saturated carbocycles. The van der Waals surface area contributed by atoms with Gasteiger partial charge >= 0.3 is 0 Å². The highest BCUT2D eigenvalue weighted by atomic mass is 32.2. The summed E-state index contributed by atoms with van der Waals surface area (Å²) in [5.74, 6) is 0. The van der Waals surface area contributed by atoms with Crippen molar-refractivity contribution in [2.75, 3.05) is 0 Å². The molecule has 0 amide bonds. The van der Waals surface area contributed by atoms with Crippen LogP contribution in [0.15, 0.2) is 58.3 Å². The second-order valence-electron chi connectivity index (χ2n) is 4.30. The monoisotopic (exact) mass is 260 g/mol. The van der Waals surface area contributed by atoms with Crippen molar-refractivity contribution >= 4 is 10.8 Å². The van der Waals surface area contributed by atoms with E-state index in [2.05, 4.69) is 0 Å². The lowest BCUT2D eigenvalue weighted by Gasteiger charge is -2.11. The van der Waals surface area contributed by atoms with Gasteiger partial charge in [-0.05, 0) is 37.6 Å². The van der Waals surface area contributed by atoms with Crippen LogP contribution in [-0.4, -0.2) is 9.32 Å². The maximum absolute atomic E-state index is 12.5. The van der Waals surface area contributed by atoms with Crippen molar-refractivity contribution in [2.45, 2.75) is 29.7 Å². The molecular formula is C15H16O2S. The smallest absolute Gasteiger partial charge is 0.0853 e. The number of aliphatic hydroxyl groups is 1. The third-order valence-electron chi connectivity index (χ3n) is 2.80. The van der Waals surface area contributed by atoms with Crippen molar-refractivity contribution in [3.8, 4) is 0 Å². The van der Waals surface area contributed by atoms with Crippen LogP contribution in [0, 0.1) is 6.92 Å². The number of hydrogen-bond donors (Lipinski definition) is 1. The minimum Gasteiger partial charge on any atom is -0.389 e. The molecule has 0 aliphatic heterocycles. The van der Waals surface area contributed by atoms with E-state index in [1.54, 1.807) is 13.0 Å². The Kier molecular flexibility index (Phi) is 3.94. The standard InChI is InChI=1S/C15H16O2S/c1-11-7-9-13(10-8-11)18(17)15-6-4-3-5-14(15)12(2)16/h3-10,12,16H,1-2H3/t12-,18?/m0/s1. The SMILES string of the molecule is Cc1ccc(S(=O)c2ccccc2[C@H](C)O)cc1. The van der Waals surface area contributed by atoms with Crippen molar-refractivity contribution in [3.05, 3.63) is 59.7 Å². The molecule has 0 saturated heterocycles. The van der Waals surface area contributed by atoms with Gasteiger partial charge in [0.1, 0.15) is 0 Å². The van der Waals surface area contributed by atoms with Crippen LogP contribution < -0.4 is 0 Å². The summed E-state index contributed by atoms with van der Waals surface area (Å²) >= 11 is 0. The molecule has 0 aliphatic rings. The summed E-state index contributed by atoms with van der Waals surface area (Å²) in [6.45, 7) is 3.68. The molecule has 2 aromatic rings. The van der Waals surface area contributed by atoms with Gasteiger partial charge in [0.05, 0.1) is 16.9 Å². The van der Waals surface area contributed by atoms with Crippen LogP contribution in [0.4, 0.5) is 0 Å². The van der Waals surface area contributed by atoms with Crippen molar-refractivity contribution in [3.63, 3.8) is 0 Å². The molecule has 0 bridgehead atoms. The van der Waals surface area contributed by atoms with Crippen LogP contribution >= 0.6 is 0 Å². The molecule has 0 heterocycles. The number of rotatable bonds is 3. The summed E-state index contributed by atoms with van der Waals surface area (Å²) in [6, 6.07) is 14.9. The van der Waals surface area contributed by atoms with E-state index in [1.807, 2.05) is 49.4 Å². The third kappa shape index (κ3) is 2.68. The van der Waals surface area contributed by atoms with E-state index in [0.717, 1.165) is 16.0 Å². The quantitative estimate of drug-likeness (QED) is 0.920. The van der Waals surface area contributed by atoms with Crippen LogP contribution in [0.5, 0.6) is 0 Å². The van der Waals surface area contributed by atoms with E-state index in [4.69, 9.17) is 0 Å². The van der Waals surface area contributed by atoms with Gasteiger partial charge in [-0.15, -0.1) is 0 Å². The Bertz CT molecular complexity index is 559. The van der Waals surface area contributed by atoms with E-state index in [-0.39, 0.29) is 0 Å². The summed E-state index contributed by atoms with van der Waals surface area (Å²) in [5, 5.41) is 9.71. The summed E-state index contributed by atoms with van der Waals surface area (Å²) in [5.41, 5.74) is 1.86. The van der Waals surface area contributed by atoms with E-state index in [0.29, 0.717) is 4.90 Å². The van der Waals surface area contributed by atoms with Gasteiger partial charge in [0.15, 0.2) is 0 Å². The Morgan fingerprint density at radius 2 is 1.67 bits per heavy atom. The molecule has 1 unspecified atom stereocenters. The fourth-order valence-corrected chi connectivity index (χ4v) is 3.08.